The Kier molecular flexibility index (Phi) is 6.85. The smallest absolute Gasteiger partial charge is 0.338 e. The van der Waals surface area contributed by atoms with Crippen molar-refractivity contribution in [3.05, 3.63) is 94.2 Å². The number of anilines is 1. The first kappa shape index (κ1) is 23.4. The van der Waals surface area contributed by atoms with Crippen molar-refractivity contribution >= 4 is 51.7 Å². The Bertz CT molecular complexity index is 1400. The third-order valence-corrected chi connectivity index (χ3v) is 7.11. The Morgan fingerprint density at radius 2 is 1.85 bits per heavy atom. The molecule has 33 heavy (non-hydrogen) atoms. The fourth-order valence-electron chi connectivity index (χ4n) is 3.77. The van der Waals surface area contributed by atoms with Gasteiger partial charge in [0.05, 0.1) is 28.5 Å². The number of aromatic nitrogens is 1. The SMILES string of the molecule is CCOC(=O)C1=C(C)N=c2sc(=Cc3ccc(I)cc3)c(=O)n2C1c1ccc(N(C)C)cc1. The van der Waals surface area contributed by atoms with Crippen LogP contribution in [0.25, 0.3) is 6.08 Å². The average Bonchev–Trinajstić information content (AvgIpc) is 3.09. The maximum Gasteiger partial charge on any atom is 0.338 e. The van der Waals surface area contributed by atoms with Gasteiger partial charge in [-0.3, -0.25) is 9.36 Å². The Morgan fingerprint density at radius 3 is 2.45 bits per heavy atom. The maximum absolute atomic E-state index is 13.6. The molecule has 1 aliphatic rings. The number of hydrogen-bond donors (Lipinski definition) is 0. The molecule has 1 atom stereocenters. The number of esters is 1. The van der Waals surface area contributed by atoms with E-state index in [0.717, 1.165) is 20.4 Å². The molecule has 0 saturated heterocycles. The molecule has 2 heterocycles. The summed E-state index contributed by atoms with van der Waals surface area (Å²) in [4.78, 5) is 33.7. The van der Waals surface area contributed by atoms with E-state index in [4.69, 9.17) is 4.74 Å². The highest BCUT2D eigenvalue weighted by atomic mass is 127. The molecular weight excluding hydrogens is 549 g/mol. The van der Waals surface area contributed by atoms with E-state index in [-0.39, 0.29) is 12.2 Å². The number of carbonyl (C=O) groups excluding carboxylic acids is 1. The highest BCUT2D eigenvalue weighted by Crippen LogP contribution is 2.31. The number of benzene rings is 2. The predicted molar refractivity (Wildman–Crippen MR) is 140 cm³/mol. The lowest BCUT2D eigenvalue weighted by Gasteiger charge is -2.25. The summed E-state index contributed by atoms with van der Waals surface area (Å²) < 4.78 is 8.67. The molecule has 6 nitrogen and oxygen atoms in total. The molecule has 0 saturated carbocycles. The Balaban J connectivity index is 1.92. The lowest BCUT2D eigenvalue weighted by atomic mass is 9.95. The first-order valence-corrected chi connectivity index (χ1v) is 12.4. The monoisotopic (exact) mass is 573 g/mol. The van der Waals surface area contributed by atoms with Crippen LogP contribution in [0.15, 0.2) is 69.6 Å². The number of fused-ring (bicyclic) bond motifs is 1. The van der Waals surface area contributed by atoms with Gasteiger partial charge in [-0.25, -0.2) is 9.79 Å². The number of hydrogen-bond acceptors (Lipinski definition) is 6. The molecule has 0 bridgehead atoms. The van der Waals surface area contributed by atoms with Crippen LogP contribution >= 0.6 is 33.9 Å². The first-order valence-electron chi connectivity index (χ1n) is 10.5. The summed E-state index contributed by atoms with van der Waals surface area (Å²) in [6.45, 7) is 3.81. The first-order chi connectivity index (χ1) is 15.8. The molecular formula is C25H24IN3O3S. The zero-order chi connectivity index (χ0) is 23.7. The molecule has 0 amide bonds. The number of carbonyl (C=O) groups is 1. The molecule has 0 spiro atoms. The van der Waals surface area contributed by atoms with Crippen LogP contribution in [-0.4, -0.2) is 31.2 Å². The summed E-state index contributed by atoms with van der Waals surface area (Å²) in [6.07, 6.45) is 1.87. The van der Waals surface area contributed by atoms with Crippen molar-refractivity contribution in [1.82, 2.24) is 4.57 Å². The summed E-state index contributed by atoms with van der Waals surface area (Å²) in [5.74, 6) is -0.452. The molecule has 3 aromatic rings. The summed E-state index contributed by atoms with van der Waals surface area (Å²) in [5, 5.41) is 0. The van der Waals surface area contributed by atoms with E-state index in [0.29, 0.717) is 20.6 Å². The minimum Gasteiger partial charge on any atom is -0.463 e. The zero-order valence-corrected chi connectivity index (χ0v) is 21.8. The van der Waals surface area contributed by atoms with Crippen molar-refractivity contribution in [2.45, 2.75) is 19.9 Å². The van der Waals surface area contributed by atoms with Crippen LogP contribution in [0.3, 0.4) is 0 Å². The second-order valence-corrected chi connectivity index (χ2v) is 10.1. The fraction of sp³-hybridized carbons (Fsp3) is 0.240. The van der Waals surface area contributed by atoms with Crippen molar-refractivity contribution in [2.75, 3.05) is 25.6 Å². The second-order valence-electron chi connectivity index (χ2n) is 7.84. The minimum atomic E-state index is -0.601. The van der Waals surface area contributed by atoms with Gasteiger partial charge in [0, 0.05) is 23.4 Å². The molecule has 1 aliphatic heterocycles. The Hall–Kier alpha value is -2.72. The number of rotatable bonds is 5. The fourth-order valence-corrected chi connectivity index (χ4v) is 5.18. The number of halogens is 1. The molecule has 0 fully saturated rings. The van der Waals surface area contributed by atoms with E-state index < -0.39 is 12.0 Å². The second kappa shape index (κ2) is 9.64. The summed E-state index contributed by atoms with van der Waals surface area (Å²) in [5.41, 5.74) is 3.59. The number of nitrogens with zero attached hydrogens (tertiary/aromatic N) is 3. The van der Waals surface area contributed by atoms with E-state index in [2.05, 4.69) is 27.6 Å². The lowest BCUT2D eigenvalue weighted by Crippen LogP contribution is -2.39. The van der Waals surface area contributed by atoms with Gasteiger partial charge in [-0.15, -0.1) is 0 Å². The molecule has 0 N–H and O–H groups in total. The van der Waals surface area contributed by atoms with Crippen LogP contribution in [0, 0.1) is 3.57 Å². The van der Waals surface area contributed by atoms with Gasteiger partial charge in [0.15, 0.2) is 4.80 Å². The highest BCUT2D eigenvalue weighted by molar-refractivity contribution is 14.1. The van der Waals surface area contributed by atoms with Crippen molar-refractivity contribution in [2.24, 2.45) is 4.99 Å². The normalized spacial score (nSPS) is 15.8. The maximum atomic E-state index is 13.6. The topological polar surface area (TPSA) is 63.9 Å². The number of ether oxygens (including phenoxy) is 1. The molecule has 2 aromatic carbocycles. The van der Waals surface area contributed by atoms with Crippen LogP contribution < -0.4 is 19.8 Å². The summed E-state index contributed by atoms with van der Waals surface area (Å²) >= 11 is 3.58. The van der Waals surface area contributed by atoms with E-state index in [1.807, 2.05) is 73.6 Å². The van der Waals surface area contributed by atoms with Crippen LogP contribution in [0.5, 0.6) is 0 Å². The van der Waals surface area contributed by atoms with Crippen LogP contribution in [0.2, 0.25) is 0 Å². The molecule has 170 valence electrons. The van der Waals surface area contributed by atoms with Gasteiger partial charge in [0.1, 0.15) is 0 Å². The largest absolute Gasteiger partial charge is 0.463 e. The number of thiazole rings is 1. The van der Waals surface area contributed by atoms with E-state index in [9.17, 15) is 9.59 Å². The molecule has 0 aliphatic carbocycles. The Labute approximate surface area is 209 Å². The van der Waals surface area contributed by atoms with Gasteiger partial charge in [-0.2, -0.15) is 0 Å². The van der Waals surface area contributed by atoms with E-state index >= 15 is 0 Å². The van der Waals surface area contributed by atoms with Gasteiger partial charge >= 0.3 is 5.97 Å². The molecule has 0 radical (unpaired) electrons. The van der Waals surface area contributed by atoms with Crippen molar-refractivity contribution in [3.63, 3.8) is 0 Å². The molecule has 4 rings (SSSR count). The van der Waals surface area contributed by atoms with E-state index in [1.54, 1.807) is 18.4 Å². The van der Waals surface area contributed by atoms with Gasteiger partial charge in [0.2, 0.25) is 0 Å². The Morgan fingerprint density at radius 1 is 1.18 bits per heavy atom. The van der Waals surface area contributed by atoms with E-state index in [1.165, 1.54) is 11.3 Å². The molecule has 8 heteroatoms. The quantitative estimate of drug-likeness (QED) is 0.347. The average molecular weight is 573 g/mol. The third-order valence-electron chi connectivity index (χ3n) is 5.41. The summed E-state index contributed by atoms with van der Waals surface area (Å²) in [6, 6.07) is 15.2. The van der Waals surface area contributed by atoms with Crippen molar-refractivity contribution in [3.8, 4) is 0 Å². The van der Waals surface area contributed by atoms with Gasteiger partial charge in [0.25, 0.3) is 5.56 Å². The van der Waals surface area contributed by atoms with Gasteiger partial charge in [-0.05, 0) is 77.9 Å². The van der Waals surface area contributed by atoms with Gasteiger partial charge < -0.3 is 9.64 Å². The summed E-state index contributed by atoms with van der Waals surface area (Å²) in [7, 11) is 3.94. The van der Waals surface area contributed by atoms with Crippen LogP contribution in [0.4, 0.5) is 5.69 Å². The van der Waals surface area contributed by atoms with Crippen molar-refractivity contribution in [1.29, 1.82) is 0 Å². The van der Waals surface area contributed by atoms with Crippen LogP contribution in [-0.2, 0) is 9.53 Å². The molecule has 1 aromatic heterocycles. The van der Waals surface area contributed by atoms with Crippen LogP contribution in [0.1, 0.15) is 31.0 Å². The standard InChI is InChI=1S/C25H24IN3O3S/c1-5-32-24(31)21-15(2)27-25-29(22(21)17-8-12-19(13-9-17)28(3)4)23(30)20(33-25)14-16-6-10-18(26)11-7-16/h6-14,22H,5H2,1-4H3. The van der Waals surface area contributed by atoms with Crippen molar-refractivity contribution < 1.29 is 9.53 Å². The third kappa shape index (κ3) is 4.67. The minimum absolute atomic E-state index is 0.173. The lowest BCUT2D eigenvalue weighted by molar-refractivity contribution is -0.139. The van der Waals surface area contributed by atoms with Gasteiger partial charge in [-0.1, -0.05) is 35.6 Å². The highest BCUT2D eigenvalue weighted by Gasteiger charge is 2.33. The number of allylic oxidation sites excluding steroid dienone is 1. The predicted octanol–water partition coefficient (Wildman–Crippen LogP) is 3.47. The molecule has 1 unspecified atom stereocenters. The zero-order valence-electron chi connectivity index (χ0n) is 18.8.